The van der Waals surface area contributed by atoms with Gasteiger partial charge in [-0.15, -0.1) is 0 Å². The Balaban J connectivity index is 1.84. The maximum atomic E-state index is 13.9. The second-order valence-corrected chi connectivity index (χ2v) is 5.58. The van der Waals surface area contributed by atoms with Gasteiger partial charge in [0.05, 0.1) is 0 Å². The van der Waals surface area contributed by atoms with Gasteiger partial charge in [-0.2, -0.15) is 0 Å². The summed E-state index contributed by atoms with van der Waals surface area (Å²) in [7, 11) is 0. The minimum absolute atomic E-state index is 0.0660. The first-order valence-electron chi connectivity index (χ1n) is 7.44. The van der Waals surface area contributed by atoms with E-state index in [0.717, 1.165) is 13.0 Å². The molecule has 1 nitrogen and oxygen atoms in total. The minimum Gasteiger partial charge on any atom is -0.313 e. The van der Waals surface area contributed by atoms with Gasteiger partial charge in [0.15, 0.2) is 0 Å². The van der Waals surface area contributed by atoms with E-state index in [1.54, 1.807) is 0 Å². The van der Waals surface area contributed by atoms with Crippen LogP contribution in [0.4, 0.5) is 8.78 Å². The van der Waals surface area contributed by atoms with Crippen LogP contribution in [0.25, 0.3) is 0 Å². The Kier molecular flexibility index (Phi) is 4.02. The lowest BCUT2D eigenvalue weighted by Crippen LogP contribution is -2.41. The molecule has 0 fully saturated rings. The van der Waals surface area contributed by atoms with Crippen LogP contribution in [0.2, 0.25) is 0 Å². The first kappa shape index (κ1) is 14.2. The highest BCUT2D eigenvalue weighted by Gasteiger charge is 2.33. The minimum atomic E-state index is -0.453. The number of likely N-dealkylation sites (N-methyl/N-ethyl adjacent to an activating group) is 1. The first-order chi connectivity index (χ1) is 10.2. The lowest BCUT2D eigenvalue weighted by molar-refractivity contribution is 0.393. The third-order valence-corrected chi connectivity index (χ3v) is 4.33. The first-order valence-corrected chi connectivity index (χ1v) is 7.44. The molecule has 2 unspecified atom stereocenters. The Hall–Kier alpha value is -1.74. The van der Waals surface area contributed by atoms with Crippen LogP contribution >= 0.6 is 0 Å². The molecular weight excluding hydrogens is 268 g/mol. The molecule has 0 amide bonds. The van der Waals surface area contributed by atoms with Crippen molar-refractivity contribution in [2.45, 2.75) is 31.7 Å². The zero-order valence-electron chi connectivity index (χ0n) is 12.1. The van der Waals surface area contributed by atoms with E-state index in [2.05, 4.69) is 17.4 Å². The maximum absolute atomic E-state index is 13.9. The van der Waals surface area contributed by atoms with Gasteiger partial charge in [-0.25, -0.2) is 8.78 Å². The molecule has 0 spiro atoms. The standard InChI is InChI=1S/C18H19F2N/c1-2-21-18(11-15-16(19)8-5-9-17(15)20)14-10-12-6-3-4-7-13(12)14/h3-9,14,18,21H,2,10-11H2,1H3. The second-order valence-electron chi connectivity index (χ2n) is 5.58. The smallest absolute Gasteiger partial charge is 0.129 e. The van der Waals surface area contributed by atoms with Crippen LogP contribution in [0.5, 0.6) is 0 Å². The van der Waals surface area contributed by atoms with Gasteiger partial charge in [0.1, 0.15) is 11.6 Å². The highest BCUT2D eigenvalue weighted by Crippen LogP contribution is 2.38. The molecule has 3 rings (SSSR count). The summed E-state index contributed by atoms with van der Waals surface area (Å²) in [6.07, 6.45) is 1.36. The van der Waals surface area contributed by atoms with Crippen molar-refractivity contribution in [2.75, 3.05) is 6.54 Å². The van der Waals surface area contributed by atoms with Crippen molar-refractivity contribution in [2.24, 2.45) is 0 Å². The van der Waals surface area contributed by atoms with E-state index in [9.17, 15) is 8.78 Å². The van der Waals surface area contributed by atoms with E-state index in [1.165, 1.54) is 29.3 Å². The zero-order valence-corrected chi connectivity index (χ0v) is 12.1. The van der Waals surface area contributed by atoms with E-state index < -0.39 is 11.6 Å². The SMILES string of the molecule is CCNC(Cc1c(F)cccc1F)C1Cc2ccccc21. The molecule has 0 heterocycles. The van der Waals surface area contributed by atoms with Crippen LogP contribution in [-0.4, -0.2) is 12.6 Å². The molecule has 2 aromatic carbocycles. The molecule has 1 aliphatic carbocycles. The van der Waals surface area contributed by atoms with Crippen LogP contribution in [-0.2, 0) is 12.8 Å². The van der Waals surface area contributed by atoms with Crippen LogP contribution in [0.15, 0.2) is 42.5 Å². The molecule has 1 aliphatic rings. The number of fused-ring (bicyclic) bond motifs is 1. The summed E-state index contributed by atoms with van der Waals surface area (Å²) in [5, 5.41) is 3.40. The number of hydrogen-bond donors (Lipinski definition) is 1. The molecule has 0 bridgehead atoms. The summed E-state index contributed by atoms with van der Waals surface area (Å²) >= 11 is 0. The fraction of sp³-hybridized carbons (Fsp3) is 0.333. The van der Waals surface area contributed by atoms with Crippen molar-refractivity contribution in [3.63, 3.8) is 0 Å². The largest absolute Gasteiger partial charge is 0.313 e. The van der Waals surface area contributed by atoms with Crippen molar-refractivity contribution in [1.82, 2.24) is 5.32 Å². The van der Waals surface area contributed by atoms with E-state index in [0.29, 0.717) is 12.3 Å². The lowest BCUT2D eigenvalue weighted by atomic mass is 9.72. The summed E-state index contributed by atoms with van der Waals surface area (Å²) < 4.78 is 27.7. The summed E-state index contributed by atoms with van der Waals surface area (Å²) in [6, 6.07) is 12.4. The van der Waals surface area contributed by atoms with Gasteiger partial charge in [0.25, 0.3) is 0 Å². The number of benzene rings is 2. The molecule has 21 heavy (non-hydrogen) atoms. The Morgan fingerprint density at radius 3 is 2.48 bits per heavy atom. The van der Waals surface area contributed by atoms with Crippen molar-refractivity contribution >= 4 is 0 Å². The van der Waals surface area contributed by atoms with Crippen molar-refractivity contribution in [1.29, 1.82) is 0 Å². The summed E-state index contributed by atoms with van der Waals surface area (Å²) in [5.41, 5.74) is 2.84. The zero-order chi connectivity index (χ0) is 14.8. The molecule has 0 aromatic heterocycles. The molecule has 0 aliphatic heterocycles. The van der Waals surface area contributed by atoms with Gasteiger partial charge in [-0.05, 0) is 42.6 Å². The summed E-state index contributed by atoms with van der Waals surface area (Å²) in [4.78, 5) is 0. The normalized spacial score (nSPS) is 18.0. The maximum Gasteiger partial charge on any atom is 0.129 e. The molecule has 0 saturated carbocycles. The van der Waals surface area contributed by atoms with Crippen LogP contribution in [0.1, 0.15) is 29.5 Å². The highest BCUT2D eigenvalue weighted by atomic mass is 19.1. The molecular formula is C18H19F2N. The third kappa shape index (κ3) is 2.70. The number of rotatable bonds is 5. The van der Waals surface area contributed by atoms with Crippen LogP contribution in [0, 0.1) is 11.6 Å². The molecule has 0 radical (unpaired) electrons. The summed E-state index contributed by atoms with van der Waals surface area (Å²) in [5.74, 6) is -0.573. The van der Waals surface area contributed by atoms with Crippen LogP contribution < -0.4 is 5.32 Å². The quantitative estimate of drug-likeness (QED) is 0.881. The van der Waals surface area contributed by atoms with E-state index in [-0.39, 0.29) is 11.6 Å². The van der Waals surface area contributed by atoms with E-state index in [1.807, 2.05) is 19.1 Å². The third-order valence-electron chi connectivity index (χ3n) is 4.33. The number of nitrogens with one attached hydrogen (secondary N) is 1. The highest BCUT2D eigenvalue weighted by molar-refractivity contribution is 5.41. The van der Waals surface area contributed by atoms with Crippen molar-refractivity contribution < 1.29 is 8.78 Å². The van der Waals surface area contributed by atoms with Crippen molar-refractivity contribution in [3.05, 3.63) is 70.8 Å². The predicted octanol–water partition coefficient (Wildman–Crippen LogP) is 3.83. The fourth-order valence-electron chi connectivity index (χ4n) is 3.22. The van der Waals surface area contributed by atoms with Gasteiger partial charge in [-0.3, -0.25) is 0 Å². The van der Waals surface area contributed by atoms with Gasteiger partial charge in [-0.1, -0.05) is 37.3 Å². The molecule has 2 atom stereocenters. The van der Waals surface area contributed by atoms with Crippen molar-refractivity contribution in [3.8, 4) is 0 Å². The van der Waals surface area contributed by atoms with E-state index >= 15 is 0 Å². The van der Waals surface area contributed by atoms with Gasteiger partial charge < -0.3 is 5.32 Å². The Labute approximate surface area is 124 Å². The number of halogens is 2. The number of hydrogen-bond acceptors (Lipinski definition) is 1. The van der Waals surface area contributed by atoms with Gasteiger partial charge in [0.2, 0.25) is 0 Å². The average Bonchev–Trinajstić information content (AvgIpc) is 2.44. The molecule has 0 saturated heterocycles. The van der Waals surface area contributed by atoms with Gasteiger partial charge >= 0.3 is 0 Å². The molecule has 1 N–H and O–H groups in total. The fourth-order valence-corrected chi connectivity index (χ4v) is 3.22. The molecule has 2 aromatic rings. The van der Waals surface area contributed by atoms with Crippen LogP contribution in [0.3, 0.4) is 0 Å². The Morgan fingerprint density at radius 2 is 1.81 bits per heavy atom. The monoisotopic (exact) mass is 287 g/mol. The average molecular weight is 287 g/mol. The summed E-state index contributed by atoms with van der Waals surface area (Å²) in [6.45, 7) is 2.81. The topological polar surface area (TPSA) is 12.0 Å². The Bertz CT molecular complexity index is 619. The lowest BCUT2D eigenvalue weighted by Gasteiger charge is -2.37. The predicted molar refractivity (Wildman–Crippen MR) is 80.4 cm³/mol. The Morgan fingerprint density at radius 1 is 1.10 bits per heavy atom. The van der Waals surface area contributed by atoms with Gasteiger partial charge in [0, 0.05) is 17.5 Å². The molecule has 110 valence electrons. The second kappa shape index (κ2) is 5.94. The van der Waals surface area contributed by atoms with E-state index in [4.69, 9.17) is 0 Å². The molecule has 3 heteroatoms.